The standard InChI is InChI=1S/C21H24N2O3.ClH/c1-14-5-10-18(23(2)11-12-25-3)20-19(14)21(24)17(13-22-20)15-6-8-16(26-4)9-7-15;/h5-10,13H,11-12H2,1-4H3,(H,22,24);1H. The highest BCUT2D eigenvalue weighted by molar-refractivity contribution is 5.95. The Hall–Kier alpha value is -2.50. The van der Waals surface area contributed by atoms with Crippen LogP contribution in [0.3, 0.4) is 0 Å². The minimum absolute atomic E-state index is 0. The number of aromatic amines is 1. The van der Waals surface area contributed by atoms with Gasteiger partial charge in [0.05, 0.1) is 30.3 Å². The van der Waals surface area contributed by atoms with E-state index < -0.39 is 0 Å². The predicted molar refractivity (Wildman–Crippen MR) is 114 cm³/mol. The van der Waals surface area contributed by atoms with E-state index in [-0.39, 0.29) is 17.8 Å². The number of nitrogens with one attached hydrogen (secondary N) is 1. The first-order valence-electron chi connectivity index (χ1n) is 8.56. The zero-order chi connectivity index (χ0) is 18.7. The fourth-order valence-corrected chi connectivity index (χ4v) is 3.13. The van der Waals surface area contributed by atoms with E-state index in [9.17, 15) is 4.79 Å². The number of hydrogen-bond donors (Lipinski definition) is 1. The van der Waals surface area contributed by atoms with Crippen LogP contribution >= 0.6 is 12.4 Å². The zero-order valence-corrected chi connectivity index (χ0v) is 16.9. The van der Waals surface area contributed by atoms with E-state index in [1.807, 2.05) is 50.4 Å². The number of aromatic nitrogens is 1. The molecule has 3 rings (SSSR count). The summed E-state index contributed by atoms with van der Waals surface area (Å²) >= 11 is 0. The number of likely N-dealkylation sites (N-methyl/N-ethyl adjacent to an activating group) is 1. The Balaban J connectivity index is 0.00000261. The van der Waals surface area contributed by atoms with Gasteiger partial charge in [-0.3, -0.25) is 4.79 Å². The van der Waals surface area contributed by atoms with Crippen molar-refractivity contribution in [2.24, 2.45) is 0 Å². The number of rotatable bonds is 6. The van der Waals surface area contributed by atoms with Gasteiger partial charge < -0.3 is 19.4 Å². The molecule has 1 N–H and O–H groups in total. The number of nitrogens with zero attached hydrogens (tertiary/aromatic N) is 1. The van der Waals surface area contributed by atoms with Crippen molar-refractivity contribution in [2.75, 3.05) is 39.3 Å². The maximum absolute atomic E-state index is 13.2. The van der Waals surface area contributed by atoms with E-state index >= 15 is 0 Å². The minimum Gasteiger partial charge on any atom is -0.497 e. The van der Waals surface area contributed by atoms with Crippen LogP contribution in [0.5, 0.6) is 5.75 Å². The predicted octanol–water partition coefficient (Wildman–Crippen LogP) is 4.02. The maximum atomic E-state index is 13.2. The Kier molecular flexibility index (Phi) is 6.88. The molecule has 2 aromatic carbocycles. The summed E-state index contributed by atoms with van der Waals surface area (Å²) in [5.74, 6) is 0.768. The van der Waals surface area contributed by atoms with Crippen molar-refractivity contribution in [3.05, 3.63) is 58.4 Å². The topological polar surface area (TPSA) is 54.6 Å². The van der Waals surface area contributed by atoms with Crippen LogP contribution in [0.25, 0.3) is 22.0 Å². The van der Waals surface area contributed by atoms with Gasteiger partial charge in [0.1, 0.15) is 5.75 Å². The van der Waals surface area contributed by atoms with E-state index in [1.54, 1.807) is 20.4 Å². The quantitative estimate of drug-likeness (QED) is 0.693. The Morgan fingerprint density at radius 1 is 1.07 bits per heavy atom. The number of halogens is 1. The van der Waals surface area contributed by atoms with Gasteiger partial charge in [-0.1, -0.05) is 18.2 Å². The third-order valence-electron chi connectivity index (χ3n) is 4.67. The van der Waals surface area contributed by atoms with Crippen LogP contribution in [-0.4, -0.2) is 39.4 Å². The van der Waals surface area contributed by atoms with E-state index in [1.165, 1.54) is 0 Å². The van der Waals surface area contributed by atoms with Crippen molar-refractivity contribution in [2.45, 2.75) is 6.92 Å². The zero-order valence-electron chi connectivity index (χ0n) is 16.0. The smallest absolute Gasteiger partial charge is 0.197 e. The van der Waals surface area contributed by atoms with Gasteiger partial charge in [-0.2, -0.15) is 0 Å². The molecule has 1 aromatic heterocycles. The van der Waals surface area contributed by atoms with Crippen molar-refractivity contribution in [1.82, 2.24) is 4.98 Å². The van der Waals surface area contributed by atoms with E-state index in [4.69, 9.17) is 9.47 Å². The number of aryl methyl sites for hydroxylation is 1. The monoisotopic (exact) mass is 388 g/mol. The molecule has 0 fully saturated rings. The maximum Gasteiger partial charge on any atom is 0.197 e. The van der Waals surface area contributed by atoms with E-state index in [0.29, 0.717) is 12.2 Å². The Bertz CT molecular complexity index is 968. The first-order chi connectivity index (χ1) is 12.6. The summed E-state index contributed by atoms with van der Waals surface area (Å²) in [7, 11) is 5.31. The normalized spacial score (nSPS) is 10.5. The van der Waals surface area contributed by atoms with Crippen LogP contribution in [0.2, 0.25) is 0 Å². The molecule has 0 aliphatic carbocycles. The highest BCUT2D eigenvalue weighted by atomic mass is 35.5. The van der Waals surface area contributed by atoms with Gasteiger partial charge in [0.25, 0.3) is 0 Å². The molecule has 1 heterocycles. The molecule has 0 aliphatic heterocycles. The van der Waals surface area contributed by atoms with Gasteiger partial charge in [0, 0.05) is 32.5 Å². The van der Waals surface area contributed by atoms with Crippen molar-refractivity contribution in [1.29, 1.82) is 0 Å². The Labute approximate surface area is 165 Å². The third-order valence-corrected chi connectivity index (χ3v) is 4.67. The molecule has 0 aliphatic rings. The first-order valence-corrected chi connectivity index (χ1v) is 8.56. The summed E-state index contributed by atoms with van der Waals surface area (Å²) in [6, 6.07) is 11.6. The molecular weight excluding hydrogens is 364 g/mol. The molecule has 0 bridgehead atoms. The summed E-state index contributed by atoms with van der Waals surface area (Å²) in [5, 5.41) is 0.722. The largest absolute Gasteiger partial charge is 0.497 e. The van der Waals surface area contributed by atoms with E-state index in [2.05, 4.69) is 9.88 Å². The van der Waals surface area contributed by atoms with Crippen molar-refractivity contribution >= 4 is 29.0 Å². The molecule has 0 amide bonds. The number of methoxy groups -OCH3 is 2. The molecule has 144 valence electrons. The minimum atomic E-state index is 0. The highest BCUT2D eigenvalue weighted by Gasteiger charge is 2.14. The summed E-state index contributed by atoms with van der Waals surface area (Å²) < 4.78 is 10.4. The molecule has 0 saturated carbocycles. The van der Waals surface area contributed by atoms with Crippen LogP contribution in [0.4, 0.5) is 5.69 Å². The number of H-pyrrole nitrogens is 1. The Morgan fingerprint density at radius 2 is 1.78 bits per heavy atom. The first kappa shape index (κ1) is 20.8. The van der Waals surface area contributed by atoms with Gasteiger partial charge >= 0.3 is 0 Å². The number of pyridine rings is 1. The molecule has 27 heavy (non-hydrogen) atoms. The Morgan fingerprint density at radius 3 is 2.41 bits per heavy atom. The molecule has 0 saturated heterocycles. The summed E-state index contributed by atoms with van der Waals surface area (Å²) in [4.78, 5) is 18.6. The average Bonchev–Trinajstić information content (AvgIpc) is 2.66. The molecule has 5 nitrogen and oxygen atoms in total. The van der Waals surface area contributed by atoms with Gasteiger partial charge in [0.15, 0.2) is 5.43 Å². The number of hydrogen-bond acceptors (Lipinski definition) is 4. The van der Waals surface area contributed by atoms with Gasteiger partial charge in [0.2, 0.25) is 0 Å². The molecule has 0 unspecified atom stereocenters. The second kappa shape index (κ2) is 8.93. The summed E-state index contributed by atoms with van der Waals surface area (Å²) in [5.41, 5.74) is 4.35. The highest BCUT2D eigenvalue weighted by Crippen LogP contribution is 2.27. The molecular formula is C21H25ClN2O3. The van der Waals surface area contributed by atoms with Crippen LogP contribution in [0.1, 0.15) is 5.56 Å². The van der Waals surface area contributed by atoms with Crippen LogP contribution in [-0.2, 0) is 4.74 Å². The third kappa shape index (κ3) is 4.10. The fraction of sp³-hybridized carbons (Fsp3) is 0.286. The second-order valence-electron chi connectivity index (χ2n) is 6.33. The molecule has 0 spiro atoms. The fourth-order valence-electron chi connectivity index (χ4n) is 3.13. The summed E-state index contributed by atoms with van der Waals surface area (Å²) in [6.07, 6.45) is 1.79. The van der Waals surface area contributed by atoms with Crippen LogP contribution < -0.4 is 15.1 Å². The van der Waals surface area contributed by atoms with Gasteiger partial charge in [-0.05, 0) is 36.2 Å². The molecule has 0 radical (unpaired) electrons. The lowest BCUT2D eigenvalue weighted by molar-refractivity contribution is 0.206. The SMILES string of the molecule is COCCN(C)c1ccc(C)c2c(=O)c(-c3ccc(OC)cc3)c[nH]c12.Cl. The van der Waals surface area contributed by atoms with Gasteiger partial charge in [-0.25, -0.2) is 0 Å². The average molecular weight is 389 g/mol. The lowest BCUT2D eigenvalue weighted by atomic mass is 10.0. The molecule has 6 heteroatoms. The van der Waals surface area contributed by atoms with Crippen molar-refractivity contribution in [3.63, 3.8) is 0 Å². The lowest BCUT2D eigenvalue weighted by Crippen LogP contribution is -2.23. The summed E-state index contributed by atoms with van der Waals surface area (Å²) in [6.45, 7) is 3.34. The molecule has 0 atom stereocenters. The van der Waals surface area contributed by atoms with Crippen molar-refractivity contribution < 1.29 is 9.47 Å². The molecule has 3 aromatic rings. The lowest BCUT2D eigenvalue weighted by Gasteiger charge is -2.21. The number of fused-ring (bicyclic) bond motifs is 1. The van der Waals surface area contributed by atoms with E-state index in [0.717, 1.165) is 40.0 Å². The number of ether oxygens (including phenoxy) is 2. The van der Waals surface area contributed by atoms with Crippen LogP contribution in [0.15, 0.2) is 47.4 Å². The van der Waals surface area contributed by atoms with Gasteiger partial charge in [-0.15, -0.1) is 12.4 Å². The number of benzene rings is 2. The number of anilines is 1. The van der Waals surface area contributed by atoms with Crippen LogP contribution in [0, 0.1) is 6.92 Å². The van der Waals surface area contributed by atoms with Crippen molar-refractivity contribution in [3.8, 4) is 16.9 Å². The second-order valence-corrected chi connectivity index (χ2v) is 6.33.